The van der Waals surface area contributed by atoms with Crippen LogP contribution in [0.2, 0.25) is 0 Å². The normalized spacial score (nSPS) is 17.8. The van der Waals surface area contributed by atoms with Crippen LogP contribution in [0.3, 0.4) is 0 Å². The molecule has 2 amide bonds. The number of nitrogens with zero attached hydrogens (tertiary/aromatic N) is 3. The molecule has 1 fully saturated rings. The number of carbonyl (C=O) groups excluding carboxylic acids is 2. The molecule has 1 aliphatic rings. The van der Waals surface area contributed by atoms with E-state index in [1.54, 1.807) is 12.3 Å². The average molecular weight is 327 g/mol. The Morgan fingerprint density at radius 1 is 1.25 bits per heavy atom. The van der Waals surface area contributed by atoms with E-state index < -0.39 is 5.91 Å². The number of primary amides is 1. The van der Waals surface area contributed by atoms with E-state index in [2.05, 4.69) is 27.4 Å². The monoisotopic (exact) mass is 327 g/mol. The van der Waals surface area contributed by atoms with Crippen molar-refractivity contribution < 1.29 is 9.59 Å². The van der Waals surface area contributed by atoms with E-state index in [9.17, 15) is 9.59 Å². The van der Waals surface area contributed by atoms with Crippen molar-refractivity contribution in [3.63, 3.8) is 0 Å². The third-order valence-corrected chi connectivity index (χ3v) is 4.10. The molecule has 1 aromatic carbocycles. The second-order valence-electron chi connectivity index (χ2n) is 5.97. The lowest BCUT2D eigenvalue weighted by Gasteiger charge is -2.23. The molecule has 0 saturated carbocycles. The first-order valence-electron chi connectivity index (χ1n) is 8.02. The molecule has 1 aromatic heterocycles. The second kappa shape index (κ2) is 7.27. The Labute approximate surface area is 140 Å². The summed E-state index contributed by atoms with van der Waals surface area (Å²) in [4.78, 5) is 25.6. The molecule has 0 bridgehead atoms. The van der Waals surface area contributed by atoms with Crippen LogP contribution >= 0.6 is 0 Å². The molecule has 7 heteroatoms. The summed E-state index contributed by atoms with van der Waals surface area (Å²) in [7, 11) is 0. The first-order chi connectivity index (χ1) is 11.6. The van der Waals surface area contributed by atoms with Crippen molar-refractivity contribution in [2.24, 2.45) is 5.73 Å². The van der Waals surface area contributed by atoms with Crippen molar-refractivity contribution in [1.29, 1.82) is 0 Å². The van der Waals surface area contributed by atoms with Crippen LogP contribution in [0, 0.1) is 0 Å². The molecule has 0 spiro atoms. The third-order valence-electron chi connectivity index (χ3n) is 4.10. The summed E-state index contributed by atoms with van der Waals surface area (Å²) >= 11 is 0. The van der Waals surface area contributed by atoms with Gasteiger partial charge < -0.3 is 11.1 Å². The van der Waals surface area contributed by atoms with Crippen molar-refractivity contribution >= 4 is 17.6 Å². The van der Waals surface area contributed by atoms with Gasteiger partial charge in [-0.05, 0) is 24.9 Å². The summed E-state index contributed by atoms with van der Waals surface area (Å²) in [5.41, 5.74) is 6.33. The van der Waals surface area contributed by atoms with Crippen molar-refractivity contribution in [3.8, 4) is 0 Å². The molecule has 7 nitrogen and oxygen atoms in total. The Morgan fingerprint density at radius 3 is 2.79 bits per heavy atom. The predicted molar refractivity (Wildman–Crippen MR) is 89.9 cm³/mol. The summed E-state index contributed by atoms with van der Waals surface area (Å²) in [6.45, 7) is 1.66. The zero-order chi connectivity index (χ0) is 16.9. The van der Waals surface area contributed by atoms with Gasteiger partial charge in [-0.2, -0.15) is 5.10 Å². The Hall–Kier alpha value is -2.67. The molecule has 2 heterocycles. The molecular weight excluding hydrogens is 306 g/mol. The van der Waals surface area contributed by atoms with E-state index in [0.29, 0.717) is 5.82 Å². The van der Waals surface area contributed by atoms with Gasteiger partial charge in [0.15, 0.2) is 5.82 Å². The average Bonchev–Trinajstić information content (AvgIpc) is 3.17. The van der Waals surface area contributed by atoms with Crippen molar-refractivity contribution in [3.05, 3.63) is 48.2 Å². The maximum Gasteiger partial charge on any atom is 0.242 e. The highest BCUT2D eigenvalue weighted by atomic mass is 16.2. The number of hydrogen-bond donors (Lipinski definition) is 2. The van der Waals surface area contributed by atoms with Gasteiger partial charge in [-0.1, -0.05) is 30.3 Å². The minimum atomic E-state index is -0.471. The second-order valence-corrected chi connectivity index (χ2v) is 5.97. The summed E-state index contributed by atoms with van der Waals surface area (Å²) in [5, 5.41) is 6.96. The minimum Gasteiger partial charge on any atom is -0.368 e. The quantitative estimate of drug-likeness (QED) is 0.827. The standard InChI is InChI=1S/C17H21N5O2/c18-15(23)12-22-10-8-16(20-22)19-17(24)14-7-4-9-21(14)11-13-5-2-1-3-6-13/h1-3,5-6,8,10,14H,4,7,9,11-12H2,(H2,18,23)(H,19,20,24)/t14-/m0/s1. The number of carbonyl (C=O) groups is 2. The van der Waals surface area contributed by atoms with Gasteiger partial charge in [0.2, 0.25) is 11.8 Å². The number of aromatic nitrogens is 2. The fourth-order valence-corrected chi connectivity index (χ4v) is 3.02. The molecule has 3 N–H and O–H groups in total. The Morgan fingerprint density at radius 2 is 2.04 bits per heavy atom. The van der Waals surface area contributed by atoms with E-state index >= 15 is 0 Å². The number of hydrogen-bond acceptors (Lipinski definition) is 4. The van der Waals surface area contributed by atoms with Gasteiger partial charge in [0.05, 0.1) is 6.04 Å². The number of benzene rings is 1. The topological polar surface area (TPSA) is 93.2 Å². The van der Waals surface area contributed by atoms with Crippen LogP contribution in [-0.4, -0.2) is 39.1 Å². The molecule has 126 valence electrons. The lowest BCUT2D eigenvalue weighted by molar-refractivity contribution is -0.120. The molecule has 0 unspecified atom stereocenters. The van der Waals surface area contributed by atoms with Gasteiger partial charge in [-0.15, -0.1) is 0 Å². The van der Waals surface area contributed by atoms with Gasteiger partial charge in [0, 0.05) is 18.8 Å². The Kier molecular flexibility index (Phi) is 4.90. The van der Waals surface area contributed by atoms with Gasteiger partial charge in [0.25, 0.3) is 0 Å². The van der Waals surface area contributed by atoms with Crippen LogP contribution in [0.4, 0.5) is 5.82 Å². The lowest BCUT2D eigenvalue weighted by Crippen LogP contribution is -2.39. The summed E-state index contributed by atoms with van der Waals surface area (Å²) in [5.74, 6) is -0.0960. The van der Waals surface area contributed by atoms with Crippen LogP contribution < -0.4 is 11.1 Å². The predicted octanol–water partition coefficient (Wildman–Crippen LogP) is 0.971. The van der Waals surface area contributed by atoms with Crippen LogP contribution in [0.25, 0.3) is 0 Å². The van der Waals surface area contributed by atoms with Crippen LogP contribution in [0.5, 0.6) is 0 Å². The molecule has 24 heavy (non-hydrogen) atoms. The number of likely N-dealkylation sites (tertiary alicyclic amines) is 1. The first kappa shape index (κ1) is 16.2. The molecule has 1 saturated heterocycles. The van der Waals surface area contributed by atoms with Crippen molar-refractivity contribution in [2.75, 3.05) is 11.9 Å². The third kappa shape index (κ3) is 3.99. The van der Waals surface area contributed by atoms with E-state index in [1.807, 2.05) is 18.2 Å². The first-order valence-corrected chi connectivity index (χ1v) is 8.02. The molecular formula is C17H21N5O2. The van der Waals surface area contributed by atoms with E-state index in [-0.39, 0.29) is 18.5 Å². The lowest BCUT2D eigenvalue weighted by atomic mass is 10.1. The highest BCUT2D eigenvalue weighted by Crippen LogP contribution is 2.21. The van der Waals surface area contributed by atoms with Crippen LogP contribution in [0.15, 0.2) is 42.6 Å². The van der Waals surface area contributed by atoms with E-state index in [0.717, 1.165) is 25.9 Å². The van der Waals surface area contributed by atoms with Gasteiger partial charge in [-0.3, -0.25) is 19.2 Å². The summed E-state index contributed by atoms with van der Waals surface area (Å²) in [6, 6.07) is 11.6. The van der Waals surface area contributed by atoms with E-state index in [1.165, 1.54) is 10.2 Å². The van der Waals surface area contributed by atoms with Gasteiger partial charge in [-0.25, -0.2) is 0 Å². The number of anilines is 1. The Bertz CT molecular complexity index is 713. The molecule has 0 aliphatic carbocycles. The fourth-order valence-electron chi connectivity index (χ4n) is 3.02. The molecule has 2 aromatic rings. The van der Waals surface area contributed by atoms with Gasteiger partial charge >= 0.3 is 0 Å². The Balaban J connectivity index is 1.61. The summed E-state index contributed by atoms with van der Waals surface area (Å²) in [6.07, 6.45) is 3.46. The van der Waals surface area contributed by atoms with Gasteiger partial charge in [0.1, 0.15) is 6.54 Å². The van der Waals surface area contributed by atoms with E-state index in [4.69, 9.17) is 5.73 Å². The zero-order valence-corrected chi connectivity index (χ0v) is 13.4. The molecule has 0 radical (unpaired) electrons. The number of amides is 2. The molecule has 1 aliphatic heterocycles. The van der Waals surface area contributed by atoms with Crippen molar-refractivity contribution in [2.45, 2.75) is 32.0 Å². The van der Waals surface area contributed by atoms with Crippen LogP contribution in [-0.2, 0) is 22.7 Å². The SMILES string of the molecule is NC(=O)Cn1ccc(NC(=O)[C@@H]2CCCN2Cc2ccccc2)n1. The maximum absolute atomic E-state index is 12.6. The van der Waals surface area contributed by atoms with Crippen molar-refractivity contribution in [1.82, 2.24) is 14.7 Å². The maximum atomic E-state index is 12.6. The largest absolute Gasteiger partial charge is 0.368 e. The zero-order valence-electron chi connectivity index (χ0n) is 13.4. The smallest absolute Gasteiger partial charge is 0.242 e. The molecule has 3 rings (SSSR count). The number of nitrogens with one attached hydrogen (secondary N) is 1. The molecule has 1 atom stereocenters. The fraction of sp³-hybridized carbons (Fsp3) is 0.353. The van der Waals surface area contributed by atoms with Crippen LogP contribution in [0.1, 0.15) is 18.4 Å². The summed E-state index contributed by atoms with van der Waals surface area (Å²) < 4.78 is 1.41. The highest BCUT2D eigenvalue weighted by Gasteiger charge is 2.30. The minimum absolute atomic E-state index is 0.000564. The number of rotatable bonds is 6. The number of nitrogens with two attached hydrogens (primary N) is 1. The highest BCUT2D eigenvalue weighted by molar-refractivity contribution is 5.94.